The molecule has 5 heterocycles. The number of aldehydes is 1. The van der Waals surface area contributed by atoms with Gasteiger partial charge in [-0.3, -0.25) is 13.5 Å². The van der Waals surface area contributed by atoms with E-state index < -0.39 is 10.1 Å². The number of aryl methyl sites for hydroxylation is 2. The summed E-state index contributed by atoms with van der Waals surface area (Å²) in [5, 5.41) is 19.9. The maximum absolute atomic E-state index is 11.1. The average Bonchev–Trinajstić information content (AvgIpc) is 4.18. The van der Waals surface area contributed by atoms with E-state index >= 15 is 0 Å². The van der Waals surface area contributed by atoms with Gasteiger partial charge in [0.15, 0.2) is 14.7 Å². The van der Waals surface area contributed by atoms with Crippen molar-refractivity contribution in [2.24, 2.45) is 0 Å². The zero-order valence-electron chi connectivity index (χ0n) is 42.1. The molecule has 8 aromatic rings. The Morgan fingerprint density at radius 2 is 1.23 bits per heavy atom. The summed E-state index contributed by atoms with van der Waals surface area (Å²) < 4.78 is 42.9. The summed E-state index contributed by atoms with van der Waals surface area (Å²) in [6, 6.07) is 40.5. The molecule has 4 aromatic carbocycles. The third-order valence-corrected chi connectivity index (χ3v) is 10.4. The number of benzene rings is 4. The van der Waals surface area contributed by atoms with Gasteiger partial charge in [-0.05, 0) is 111 Å². The zero-order chi connectivity index (χ0) is 50.9. The van der Waals surface area contributed by atoms with Crippen molar-refractivity contribution in [1.82, 2.24) is 19.5 Å². The number of hydrogen-bond acceptors (Lipinski definition) is 11. The number of aliphatic hydroxyl groups excluding tert-OH is 2. The van der Waals surface area contributed by atoms with Gasteiger partial charge in [0.05, 0.1) is 25.2 Å². The number of rotatable bonds is 10. The molecule has 19 heteroatoms. The number of aliphatic hydroxyl groups is 2. The van der Waals surface area contributed by atoms with Crippen LogP contribution >= 0.6 is 32.4 Å². The quantitative estimate of drug-likeness (QED) is 0.0165. The zero-order valence-corrected chi connectivity index (χ0v) is 48.3. The normalized spacial score (nSPS) is 10.3. The Labute approximate surface area is 493 Å². The summed E-state index contributed by atoms with van der Waals surface area (Å²) in [4.78, 5) is 47.1. The van der Waals surface area contributed by atoms with Crippen molar-refractivity contribution in [1.29, 1.82) is 0 Å². The number of nitrogens with zero attached hydrogens (tertiary/aromatic N) is 1. The fourth-order valence-corrected chi connectivity index (χ4v) is 7.08. The van der Waals surface area contributed by atoms with Gasteiger partial charge < -0.3 is 35.9 Å². The maximum atomic E-state index is 11.1. The van der Waals surface area contributed by atoms with Crippen molar-refractivity contribution in [3.05, 3.63) is 150 Å². The summed E-state index contributed by atoms with van der Waals surface area (Å²) in [5.41, 5.74) is 8.55. The van der Waals surface area contributed by atoms with E-state index in [1.54, 1.807) is 26.8 Å². The Bertz CT molecular complexity index is 2830. The first-order chi connectivity index (χ1) is 33.3. The molecule has 0 spiro atoms. The Kier molecular flexibility index (Phi) is 42.8. The van der Waals surface area contributed by atoms with Gasteiger partial charge in [0.1, 0.15) is 0 Å². The van der Waals surface area contributed by atoms with Gasteiger partial charge in [0.2, 0.25) is 0 Å². The Morgan fingerprint density at radius 1 is 0.767 bits per heavy atom. The number of hydrogen-bond donors (Lipinski definition) is 5. The van der Waals surface area contributed by atoms with Crippen LogP contribution in [0.5, 0.6) is 0 Å². The van der Waals surface area contributed by atoms with Crippen LogP contribution in [-0.2, 0) is 57.4 Å². The Morgan fingerprint density at radius 3 is 1.68 bits per heavy atom. The van der Waals surface area contributed by atoms with Gasteiger partial charge in [-0.1, -0.05) is 94.6 Å². The maximum Gasteiger partial charge on any atom is 1.00 e. The molecule has 0 saturated heterocycles. The van der Waals surface area contributed by atoms with Crippen molar-refractivity contribution in [2.45, 2.75) is 74.8 Å². The van der Waals surface area contributed by atoms with Crippen molar-refractivity contribution < 1.29 is 104 Å². The molecule has 0 unspecified atom stereocenters. The van der Waals surface area contributed by atoms with E-state index in [2.05, 4.69) is 54.0 Å². The standard InChI is InChI=1S/C13H13NO2.C11H13NO3S.C11H11N.C9H7NO.C3H7OP.2C2H6O.CO2.2CH4.HI.K.H/c1-2-16-13(15)8-7-11-9-10-5-3-4-6-12(10)14-11;1-16(13,14)15-7-6-10-8-9-4-2-3-5-11(9)12-10;1-2-6-11-9(4-1)8-10-5-3-7-12(10)11;11-6-8-5-7-3-1-2-4-9(7)10-8;1-2-3-5-4;2*1-2-3;2-1-3;;;;;/h3-9,14H,2H2,1H3;2-5,8,12H,6-7H2,1H3;1-2,4,6,8H,3,5,7H2;1-6,10H;2-3H2,1H3;2*3H,2H2,1H3;;2*1H4;1H;;/q;;;;;;;;;;;+1;-1/b8-7+;;;;;;;;;;;;. The van der Waals surface area contributed by atoms with Gasteiger partial charge in [-0.15, -0.1) is 24.0 Å². The van der Waals surface area contributed by atoms with Crippen LogP contribution < -0.4 is 51.4 Å². The Balaban J connectivity index is -0.000000401. The fraction of sp³-hybridized carbons (Fsp3) is 0.315. The second-order valence-corrected chi connectivity index (χ2v) is 16.9. The molecular formula is C54H73IKN4O11PS. The van der Waals surface area contributed by atoms with Crippen molar-refractivity contribution in [3.63, 3.8) is 0 Å². The molecule has 0 radical (unpaired) electrons. The molecule has 394 valence electrons. The van der Waals surface area contributed by atoms with Crippen LogP contribution in [0.1, 0.15) is 84.4 Å². The van der Waals surface area contributed by atoms with Crippen molar-refractivity contribution in [3.8, 4) is 0 Å². The van der Waals surface area contributed by atoms with E-state index in [0.717, 1.165) is 69.2 Å². The minimum absolute atomic E-state index is 0. The van der Waals surface area contributed by atoms with Crippen LogP contribution in [0.25, 0.3) is 49.7 Å². The molecule has 0 aliphatic carbocycles. The molecule has 73 heavy (non-hydrogen) atoms. The predicted molar refractivity (Wildman–Crippen MR) is 304 cm³/mol. The number of para-hydroxylation sites is 4. The van der Waals surface area contributed by atoms with E-state index in [-0.39, 0.29) is 132 Å². The topological polar surface area (TPSA) is 231 Å². The number of ether oxygens (including phenoxy) is 1. The molecule has 5 N–H and O–H groups in total. The van der Waals surface area contributed by atoms with E-state index in [4.69, 9.17) is 24.5 Å². The number of halogens is 1. The number of H-pyrrole nitrogens is 3. The first-order valence-electron chi connectivity index (χ1n) is 22.3. The molecule has 9 rings (SSSR count). The van der Waals surface area contributed by atoms with E-state index in [0.29, 0.717) is 18.7 Å². The minimum Gasteiger partial charge on any atom is -1.00 e. The monoisotopic (exact) mass is 1180 g/mol. The fourth-order valence-electron chi connectivity index (χ4n) is 6.51. The molecule has 0 amide bonds. The summed E-state index contributed by atoms with van der Waals surface area (Å²) in [6.07, 6.45) is 10.2. The van der Waals surface area contributed by atoms with Crippen molar-refractivity contribution >= 4 is 111 Å². The van der Waals surface area contributed by atoms with Crippen LogP contribution in [0, 0.1) is 0 Å². The second-order valence-electron chi connectivity index (χ2n) is 14.5. The number of esters is 1. The number of carbonyl (C=O) groups is 2. The van der Waals surface area contributed by atoms with Crippen LogP contribution in [-0.4, -0.2) is 95.4 Å². The summed E-state index contributed by atoms with van der Waals surface area (Å²) >= 11 is 0. The molecule has 0 saturated carbocycles. The first-order valence-corrected chi connectivity index (χ1v) is 25.1. The smallest absolute Gasteiger partial charge is 1.00 e. The van der Waals surface area contributed by atoms with Crippen LogP contribution in [0.4, 0.5) is 0 Å². The van der Waals surface area contributed by atoms with Gasteiger partial charge >= 0.3 is 63.5 Å². The van der Waals surface area contributed by atoms with Crippen LogP contribution in [0.2, 0.25) is 0 Å². The third-order valence-electron chi connectivity index (χ3n) is 9.19. The predicted octanol–water partition coefficient (Wildman–Crippen LogP) is 9.11. The molecule has 1 aliphatic rings. The number of aromatic amines is 3. The third kappa shape index (κ3) is 28.7. The summed E-state index contributed by atoms with van der Waals surface area (Å²) in [6.45, 7) is 9.43. The van der Waals surface area contributed by atoms with Crippen molar-refractivity contribution in [2.75, 3.05) is 38.8 Å². The molecule has 1 aliphatic heterocycles. The van der Waals surface area contributed by atoms with Gasteiger partial charge in [0, 0.05) is 83.0 Å². The minimum atomic E-state index is -3.34. The van der Waals surface area contributed by atoms with E-state index in [1.165, 1.54) is 42.1 Å². The van der Waals surface area contributed by atoms with Crippen LogP contribution in [0.15, 0.2) is 127 Å². The molecule has 4 aromatic heterocycles. The van der Waals surface area contributed by atoms with Gasteiger partial charge in [0.25, 0.3) is 10.1 Å². The first kappa shape index (κ1) is 72.8. The summed E-state index contributed by atoms with van der Waals surface area (Å²) in [5.74, 6) is -0.318. The van der Waals surface area contributed by atoms with E-state index in [1.807, 2.05) is 97.9 Å². The number of nitrogens with one attached hydrogen (secondary N) is 3. The Hall–Kier alpha value is -4.40. The molecule has 0 atom stereocenters. The number of fused-ring (bicyclic) bond motifs is 6. The molecule has 0 bridgehead atoms. The second kappa shape index (κ2) is 42.9. The largest absolute Gasteiger partial charge is 1.00 e. The van der Waals surface area contributed by atoms with Gasteiger partial charge in [-0.25, -0.2) is 4.79 Å². The molecule has 0 fully saturated rings. The molecular weight excluding hydrogens is 1110 g/mol. The van der Waals surface area contributed by atoms with Crippen LogP contribution in [0.3, 0.4) is 0 Å². The SMILES string of the molecule is C.C.CCCP=O.CCO.CCO.CCOC(=O)/C=C/c1cc2ccccc2[nH]1.CS(=O)(=O)OCCc1cc2ccccc2[nH]1.I.O=C=O.O=Cc1cc2ccccc2[nH]1.[H-].[K+].c1ccc2c(c1)cc1n2CCC1. The molecule has 15 nitrogen and oxygen atoms in total. The van der Waals surface area contributed by atoms with E-state index in [9.17, 15) is 22.6 Å². The number of carbonyl (C=O) groups excluding carboxylic acids is 4. The average molecular weight is 1180 g/mol. The number of aromatic nitrogens is 4. The van der Waals surface area contributed by atoms with Gasteiger partial charge in [-0.2, -0.15) is 18.0 Å². The summed E-state index contributed by atoms with van der Waals surface area (Å²) in [7, 11) is -3.06.